The Bertz CT molecular complexity index is 1510. The minimum atomic E-state index is -1.01. The SMILES string of the molecule is C1CCOC1.COC1=C2C[C@@H](C)C[C@H](OC)[C@H](O)[C@@H](C)/C=C(\C)[C@H](OC(N)=O)[C@@H](OC)/C=C\C=C(/C)C(=O)NC(=C(c3ccco3)C1=O)C2=O. The molecule has 0 aromatic carbocycles. The molecule has 3 heterocycles. The molecule has 1 aliphatic carbocycles. The predicted molar refractivity (Wildman–Crippen MR) is 184 cm³/mol. The molecule has 0 radical (unpaired) electrons. The smallest absolute Gasteiger partial charge is 0.405 e. The van der Waals surface area contributed by atoms with Crippen LogP contribution in [0.1, 0.15) is 59.1 Å². The van der Waals surface area contributed by atoms with E-state index in [9.17, 15) is 24.3 Å². The molecule has 6 atom stereocenters. The lowest BCUT2D eigenvalue weighted by Gasteiger charge is -2.30. The molecule has 13 heteroatoms. The minimum absolute atomic E-state index is 0.0857. The number of ether oxygens (including phenoxy) is 5. The zero-order chi connectivity index (χ0) is 37.0. The number of aliphatic hydroxyl groups is 1. The van der Waals surface area contributed by atoms with Crippen LogP contribution in [0.5, 0.6) is 0 Å². The van der Waals surface area contributed by atoms with Gasteiger partial charge in [0.25, 0.3) is 5.91 Å². The first kappa shape index (κ1) is 40.1. The van der Waals surface area contributed by atoms with Gasteiger partial charge >= 0.3 is 6.09 Å². The zero-order valence-corrected chi connectivity index (χ0v) is 29.9. The van der Waals surface area contributed by atoms with Crippen LogP contribution >= 0.6 is 0 Å². The van der Waals surface area contributed by atoms with Gasteiger partial charge in [0.2, 0.25) is 11.6 Å². The summed E-state index contributed by atoms with van der Waals surface area (Å²) < 4.78 is 32.5. The summed E-state index contributed by atoms with van der Waals surface area (Å²) in [6, 6.07) is 3.07. The number of Topliss-reactive ketones (excluding diaryl/α,β-unsaturated/α-hetero) is 2. The number of hydrogen-bond acceptors (Lipinski definition) is 11. The molecular formula is C37H50N2O11. The van der Waals surface area contributed by atoms with Gasteiger partial charge in [-0.1, -0.05) is 38.2 Å². The van der Waals surface area contributed by atoms with E-state index in [0.717, 1.165) is 13.2 Å². The van der Waals surface area contributed by atoms with Crippen LogP contribution < -0.4 is 11.1 Å². The van der Waals surface area contributed by atoms with Gasteiger partial charge in [-0.3, -0.25) is 14.4 Å². The van der Waals surface area contributed by atoms with Gasteiger partial charge in [0.1, 0.15) is 17.6 Å². The molecular weight excluding hydrogens is 648 g/mol. The topological polar surface area (TPSA) is 186 Å². The summed E-state index contributed by atoms with van der Waals surface area (Å²) in [6.45, 7) is 8.90. The standard InChI is InChI=1S/C33H42N2O10.C4H8O/c1-17-14-21-28(37)26(25(22-12-9-13-44-22)29(38)31(21)43-7)35-32(39)18(2)10-8-11-23(41-5)30(45-33(34)40)20(4)16-19(3)27(36)24(15-17)42-6;1-2-4-5-3-1/h8-13,16-17,19,23-24,27,30,36H,14-15H2,1-7H3,(H2,34,40)(H,35,39);1-4H2/b11-8-,18-10+,20-16+;/t17-,19+,23+,24+,27-,30+;/m1./s1. The maximum atomic E-state index is 14.0. The summed E-state index contributed by atoms with van der Waals surface area (Å²) in [5, 5.41) is 13.9. The number of nitrogens with one attached hydrogen (secondary N) is 1. The number of furan rings is 1. The Morgan fingerprint density at radius 2 is 1.74 bits per heavy atom. The van der Waals surface area contributed by atoms with Crippen LogP contribution in [0.2, 0.25) is 0 Å². The molecule has 2 aliphatic heterocycles. The number of primary amides is 1. The van der Waals surface area contributed by atoms with Crippen molar-refractivity contribution in [3.8, 4) is 0 Å². The highest BCUT2D eigenvalue weighted by Gasteiger charge is 2.39. The summed E-state index contributed by atoms with van der Waals surface area (Å²) in [5.74, 6) is -2.65. The van der Waals surface area contributed by atoms with Crippen LogP contribution in [0.25, 0.3) is 5.57 Å². The highest BCUT2D eigenvalue weighted by molar-refractivity contribution is 6.38. The summed E-state index contributed by atoms with van der Waals surface area (Å²) >= 11 is 0. The van der Waals surface area contributed by atoms with Crippen LogP contribution in [0.4, 0.5) is 4.79 Å². The Morgan fingerprint density at radius 3 is 2.28 bits per heavy atom. The number of fused-ring (bicyclic) bond motifs is 2. The molecule has 4 N–H and O–H groups in total. The number of methoxy groups -OCH3 is 3. The molecule has 1 fully saturated rings. The normalized spacial score (nSPS) is 30.0. The number of nitrogens with two attached hydrogens (primary N) is 1. The monoisotopic (exact) mass is 698 g/mol. The summed E-state index contributed by atoms with van der Waals surface area (Å²) in [5.41, 5.74) is 5.85. The van der Waals surface area contributed by atoms with E-state index in [1.165, 1.54) is 65.6 Å². The van der Waals surface area contributed by atoms with Crippen molar-refractivity contribution in [2.75, 3.05) is 34.5 Å². The second-order valence-corrected chi connectivity index (χ2v) is 12.5. The van der Waals surface area contributed by atoms with E-state index in [0.29, 0.717) is 12.0 Å². The lowest BCUT2D eigenvalue weighted by atomic mass is 9.83. The largest absolute Gasteiger partial charge is 0.492 e. The molecule has 1 aromatic rings. The van der Waals surface area contributed by atoms with Crippen molar-refractivity contribution in [2.24, 2.45) is 17.6 Å². The Balaban J connectivity index is 0.00000124. The van der Waals surface area contributed by atoms with Crippen molar-refractivity contribution in [2.45, 2.75) is 77.8 Å². The molecule has 13 nitrogen and oxygen atoms in total. The van der Waals surface area contributed by atoms with E-state index < -0.39 is 53.9 Å². The fraction of sp³-hybridized carbons (Fsp3) is 0.514. The number of carbonyl (C=O) groups is 4. The maximum absolute atomic E-state index is 14.0. The predicted octanol–water partition coefficient (Wildman–Crippen LogP) is 4.33. The average Bonchev–Trinajstić information content (AvgIpc) is 3.84. The third-order valence-corrected chi connectivity index (χ3v) is 8.70. The fourth-order valence-corrected chi connectivity index (χ4v) is 6.01. The number of carbonyl (C=O) groups excluding carboxylic acids is 4. The molecule has 1 aromatic heterocycles. The van der Waals surface area contributed by atoms with E-state index in [2.05, 4.69) is 5.32 Å². The first-order valence-electron chi connectivity index (χ1n) is 16.6. The van der Waals surface area contributed by atoms with Gasteiger partial charge in [0.15, 0.2) is 11.9 Å². The fourth-order valence-electron chi connectivity index (χ4n) is 6.01. The summed E-state index contributed by atoms with van der Waals surface area (Å²) in [7, 11) is 4.20. The molecule has 0 saturated carbocycles. The second-order valence-electron chi connectivity index (χ2n) is 12.5. The van der Waals surface area contributed by atoms with Crippen LogP contribution in [0.3, 0.4) is 0 Å². The molecule has 2 amide bonds. The number of allylic oxidation sites excluding steroid dienone is 4. The van der Waals surface area contributed by atoms with Gasteiger partial charge in [-0.2, -0.15) is 0 Å². The number of rotatable bonds is 5. The molecule has 0 spiro atoms. The molecule has 274 valence electrons. The number of aliphatic hydroxyl groups excluding tert-OH is 1. The third kappa shape index (κ3) is 10.4. The second kappa shape index (κ2) is 19.2. The van der Waals surface area contributed by atoms with Crippen LogP contribution in [0, 0.1) is 11.8 Å². The minimum Gasteiger partial charge on any atom is -0.492 e. The lowest BCUT2D eigenvalue weighted by molar-refractivity contribution is -0.120. The Morgan fingerprint density at radius 1 is 1.04 bits per heavy atom. The summed E-state index contributed by atoms with van der Waals surface area (Å²) in [4.78, 5) is 52.9. The first-order chi connectivity index (χ1) is 23.8. The van der Waals surface area contributed by atoms with Crippen molar-refractivity contribution < 1.29 is 52.4 Å². The molecule has 3 aliphatic rings. The van der Waals surface area contributed by atoms with Gasteiger partial charge in [-0.25, -0.2) is 4.79 Å². The van der Waals surface area contributed by atoms with Crippen LogP contribution in [-0.4, -0.2) is 87.6 Å². The van der Waals surface area contributed by atoms with Crippen LogP contribution in [-0.2, 0) is 38.1 Å². The molecule has 1 saturated heterocycles. The third-order valence-electron chi connectivity index (χ3n) is 8.70. The molecule has 2 bridgehead atoms. The Hall–Kier alpha value is -4.30. The lowest BCUT2D eigenvalue weighted by Crippen LogP contribution is -2.37. The van der Waals surface area contributed by atoms with Crippen molar-refractivity contribution in [1.29, 1.82) is 0 Å². The Kier molecular flexibility index (Phi) is 15.4. The summed E-state index contributed by atoms with van der Waals surface area (Å²) in [6.07, 6.45) is 6.22. The zero-order valence-electron chi connectivity index (χ0n) is 29.9. The quantitative estimate of drug-likeness (QED) is 0.294. The highest BCUT2D eigenvalue weighted by Crippen LogP contribution is 2.35. The van der Waals surface area contributed by atoms with Crippen molar-refractivity contribution >= 4 is 29.1 Å². The van der Waals surface area contributed by atoms with Gasteiger partial charge in [0, 0.05) is 44.5 Å². The van der Waals surface area contributed by atoms with E-state index >= 15 is 0 Å². The van der Waals surface area contributed by atoms with Gasteiger partial charge in [-0.15, -0.1) is 0 Å². The average molecular weight is 699 g/mol. The maximum Gasteiger partial charge on any atom is 0.405 e. The van der Waals surface area contributed by atoms with E-state index in [1.807, 2.05) is 6.92 Å². The van der Waals surface area contributed by atoms with Gasteiger partial charge in [0.05, 0.1) is 31.2 Å². The van der Waals surface area contributed by atoms with Crippen molar-refractivity contribution in [1.82, 2.24) is 5.32 Å². The molecule has 4 rings (SSSR count). The number of hydrogen-bond donors (Lipinski definition) is 3. The van der Waals surface area contributed by atoms with Crippen molar-refractivity contribution in [3.63, 3.8) is 0 Å². The molecule has 50 heavy (non-hydrogen) atoms. The molecule has 0 unspecified atom stereocenters. The van der Waals surface area contributed by atoms with Gasteiger partial charge < -0.3 is 44.3 Å². The number of ketones is 2. The van der Waals surface area contributed by atoms with E-state index in [1.54, 1.807) is 32.1 Å². The highest BCUT2D eigenvalue weighted by atomic mass is 16.6. The van der Waals surface area contributed by atoms with Crippen LogP contribution in [0.15, 0.2) is 75.3 Å². The van der Waals surface area contributed by atoms with Gasteiger partial charge in [-0.05, 0) is 63.2 Å². The van der Waals surface area contributed by atoms with Crippen molar-refractivity contribution in [3.05, 3.63) is 76.6 Å². The first-order valence-corrected chi connectivity index (χ1v) is 16.6. The van der Waals surface area contributed by atoms with E-state index in [-0.39, 0.29) is 46.3 Å². The Labute approximate surface area is 293 Å². The number of amides is 2. The van der Waals surface area contributed by atoms with E-state index in [4.69, 9.17) is 33.8 Å².